The Balaban J connectivity index is 2.09. The summed E-state index contributed by atoms with van der Waals surface area (Å²) in [7, 11) is 1.47. The number of hydrazine groups is 2. The summed E-state index contributed by atoms with van der Waals surface area (Å²) in [5.74, 6) is 5.83. The third-order valence-corrected chi connectivity index (χ3v) is 6.31. The average Bonchev–Trinajstić information content (AvgIpc) is 3.33. The van der Waals surface area contributed by atoms with Gasteiger partial charge in [0, 0.05) is 40.4 Å². The van der Waals surface area contributed by atoms with Gasteiger partial charge in [0.15, 0.2) is 0 Å². The van der Waals surface area contributed by atoms with E-state index in [0.717, 1.165) is 9.89 Å². The number of amides is 1. The highest BCUT2D eigenvalue weighted by molar-refractivity contribution is 14.1. The van der Waals surface area contributed by atoms with E-state index in [2.05, 4.69) is 8.96 Å². The molecule has 0 fully saturated rings. The van der Waals surface area contributed by atoms with Gasteiger partial charge in [-0.1, -0.05) is 13.0 Å². The highest BCUT2D eigenvalue weighted by atomic mass is 127. The predicted octanol–water partition coefficient (Wildman–Crippen LogP) is 2.40. The molecule has 0 bridgehead atoms. The zero-order chi connectivity index (χ0) is 22.7. The Labute approximate surface area is 196 Å². The number of anilines is 3. The van der Waals surface area contributed by atoms with Crippen LogP contribution in [0.1, 0.15) is 40.2 Å². The Bertz CT molecular complexity index is 1210. The maximum atomic E-state index is 12.6. The normalized spacial score (nSPS) is 11.7. The first-order chi connectivity index (χ1) is 14.9. The predicted molar refractivity (Wildman–Crippen MR) is 129 cm³/mol. The van der Waals surface area contributed by atoms with Crippen LogP contribution in [0, 0.1) is 11.3 Å². The Morgan fingerprint density at radius 3 is 2.55 bits per heavy atom. The summed E-state index contributed by atoms with van der Waals surface area (Å²) in [4.78, 5) is 38.2. The molecule has 0 aliphatic carbocycles. The van der Waals surface area contributed by atoms with Gasteiger partial charge in [0.05, 0.1) is 23.4 Å². The molecule has 11 heteroatoms. The Kier molecular flexibility index (Phi) is 7.06. The first-order valence-corrected chi connectivity index (χ1v) is 11.2. The number of benzene rings is 1. The van der Waals surface area contributed by atoms with Crippen LogP contribution < -0.4 is 35.7 Å². The average molecular weight is 550 g/mol. The molecule has 4 N–H and O–H groups in total. The molecule has 0 unspecified atom stereocenters. The fourth-order valence-electron chi connectivity index (χ4n) is 3.28. The number of hydrogen-bond donors (Lipinski definition) is 3. The Morgan fingerprint density at radius 1 is 1.29 bits per heavy atom. The molecule has 0 aliphatic heterocycles. The molecule has 0 spiro atoms. The zero-order valence-corrected chi connectivity index (χ0v) is 19.7. The van der Waals surface area contributed by atoms with Gasteiger partial charge >= 0.3 is 0 Å². The summed E-state index contributed by atoms with van der Waals surface area (Å²) in [6, 6.07) is 9.98. The molecule has 1 amide bonds. The molecular weight excluding hydrogens is 531 g/mol. The quantitative estimate of drug-likeness (QED) is 0.128. The fraction of sp³-hybridized carbons (Fsp3) is 0.200. The molecule has 1 heterocycles. The summed E-state index contributed by atoms with van der Waals surface area (Å²) >= 11 is 3.45. The van der Waals surface area contributed by atoms with Crippen molar-refractivity contribution in [3.8, 4) is 6.07 Å². The minimum Gasteiger partial charge on any atom is -0.355 e. The number of carbonyl (C=O) groups excluding carboxylic acids is 1. The van der Waals surface area contributed by atoms with E-state index in [0.29, 0.717) is 6.42 Å². The third kappa shape index (κ3) is 4.19. The molecule has 1 aromatic heterocycles. The van der Waals surface area contributed by atoms with Crippen LogP contribution in [0.2, 0.25) is 0 Å². The number of nitrogens with zero attached hydrogens (tertiary/aromatic N) is 3. The van der Waals surface area contributed by atoms with E-state index in [-0.39, 0.29) is 34.2 Å². The topological polar surface area (TPSA) is 132 Å². The first-order valence-electron chi connectivity index (χ1n) is 9.22. The summed E-state index contributed by atoms with van der Waals surface area (Å²) in [6.07, 6.45) is 0.671. The molecule has 160 valence electrons. The largest absolute Gasteiger partial charge is 0.355 e. The lowest BCUT2D eigenvalue weighted by molar-refractivity contribution is 0.0963. The van der Waals surface area contributed by atoms with Crippen LogP contribution in [0.3, 0.4) is 0 Å². The van der Waals surface area contributed by atoms with Gasteiger partial charge < -0.3 is 5.32 Å². The second-order valence-electron chi connectivity index (χ2n) is 6.58. The standard InChI is InChI=1S/C20H19IN6O3S/c1-3-14(15-5-4-6-31-15)27(25-21)17-16(18(28)19(17)29)26(23)13-8-11(10-22)7-12(9-13)20(30)24-2/h4-9,14,25H,3,23H2,1-2H3,(H,24,30)/t14-/m1/s1. The van der Waals surface area contributed by atoms with Crippen molar-refractivity contribution in [1.82, 2.24) is 8.96 Å². The smallest absolute Gasteiger partial charge is 0.255 e. The summed E-state index contributed by atoms with van der Waals surface area (Å²) in [5.41, 5.74) is -0.634. The molecular formula is C20H19IN6O3S. The van der Waals surface area contributed by atoms with Crippen LogP contribution in [0.15, 0.2) is 45.3 Å². The number of hydrogen-bond acceptors (Lipinski definition) is 9. The van der Waals surface area contributed by atoms with Crippen molar-refractivity contribution < 1.29 is 4.79 Å². The second kappa shape index (κ2) is 9.56. The first kappa shape index (κ1) is 22.9. The number of halogens is 1. The minimum absolute atomic E-state index is 0.0119. The monoisotopic (exact) mass is 550 g/mol. The number of thiophene rings is 1. The van der Waals surface area contributed by atoms with Crippen molar-refractivity contribution >= 4 is 57.2 Å². The van der Waals surface area contributed by atoms with Gasteiger partial charge in [-0.2, -0.15) is 8.90 Å². The molecule has 31 heavy (non-hydrogen) atoms. The van der Waals surface area contributed by atoms with Gasteiger partial charge in [0.25, 0.3) is 16.8 Å². The van der Waals surface area contributed by atoms with Gasteiger partial charge in [-0.05, 0) is 36.1 Å². The van der Waals surface area contributed by atoms with E-state index in [9.17, 15) is 19.6 Å². The number of nitrogens with two attached hydrogens (primary N) is 1. The van der Waals surface area contributed by atoms with Crippen molar-refractivity contribution in [3.05, 3.63) is 72.2 Å². The van der Waals surface area contributed by atoms with Gasteiger partial charge in [0.2, 0.25) is 0 Å². The van der Waals surface area contributed by atoms with Crippen molar-refractivity contribution in [1.29, 1.82) is 5.26 Å². The van der Waals surface area contributed by atoms with E-state index in [1.54, 1.807) is 16.3 Å². The lowest BCUT2D eigenvalue weighted by Crippen LogP contribution is -2.50. The van der Waals surface area contributed by atoms with Gasteiger partial charge in [-0.3, -0.25) is 24.4 Å². The molecule has 0 saturated heterocycles. The SMILES string of the molecule is CC[C@H](c1cccs1)N(NI)c1c(N(N)c2cc(C#N)cc(C(=O)NC)c2)c(=O)c1=O. The lowest BCUT2D eigenvalue weighted by atomic mass is 10.1. The lowest BCUT2D eigenvalue weighted by Gasteiger charge is -2.34. The molecule has 3 rings (SSSR count). The summed E-state index contributed by atoms with van der Waals surface area (Å²) in [5, 5.41) is 16.4. The van der Waals surface area contributed by atoms with Gasteiger partial charge in [-0.25, -0.2) is 5.84 Å². The molecule has 0 aliphatic rings. The molecule has 9 nitrogen and oxygen atoms in total. The molecule has 1 atom stereocenters. The van der Waals surface area contributed by atoms with E-state index in [4.69, 9.17) is 5.84 Å². The third-order valence-electron chi connectivity index (χ3n) is 4.82. The van der Waals surface area contributed by atoms with Crippen LogP contribution in [0.25, 0.3) is 0 Å². The Morgan fingerprint density at radius 2 is 2.00 bits per heavy atom. The van der Waals surface area contributed by atoms with Gasteiger partial charge in [-0.15, -0.1) is 11.3 Å². The highest BCUT2D eigenvalue weighted by Gasteiger charge is 2.34. The van der Waals surface area contributed by atoms with Crippen LogP contribution in [0.4, 0.5) is 17.1 Å². The Hall–Kier alpha value is -2.79. The van der Waals surface area contributed by atoms with Crippen LogP contribution in [-0.2, 0) is 0 Å². The number of nitriles is 1. The van der Waals surface area contributed by atoms with E-state index >= 15 is 0 Å². The van der Waals surface area contributed by atoms with Crippen molar-refractivity contribution in [2.24, 2.45) is 5.84 Å². The van der Waals surface area contributed by atoms with E-state index < -0.39 is 16.8 Å². The molecule has 3 aromatic rings. The summed E-state index contributed by atoms with van der Waals surface area (Å²) < 4.78 is 2.97. The number of nitrogens with one attached hydrogen (secondary N) is 2. The molecule has 0 radical (unpaired) electrons. The second-order valence-corrected chi connectivity index (χ2v) is 8.04. The highest BCUT2D eigenvalue weighted by Crippen LogP contribution is 2.36. The van der Waals surface area contributed by atoms with E-state index in [1.165, 1.54) is 25.2 Å². The minimum atomic E-state index is -0.737. The van der Waals surface area contributed by atoms with Crippen LogP contribution in [-0.4, -0.2) is 13.0 Å². The number of carbonyl (C=O) groups is 1. The van der Waals surface area contributed by atoms with Crippen LogP contribution >= 0.6 is 34.2 Å². The molecule has 0 saturated carbocycles. The van der Waals surface area contributed by atoms with Crippen molar-refractivity contribution in [2.45, 2.75) is 19.4 Å². The number of rotatable bonds is 8. The van der Waals surface area contributed by atoms with Crippen molar-refractivity contribution in [3.63, 3.8) is 0 Å². The summed E-state index contributed by atoms with van der Waals surface area (Å²) in [6.45, 7) is 1.98. The molecule has 2 aromatic carbocycles. The van der Waals surface area contributed by atoms with Gasteiger partial charge in [0.1, 0.15) is 11.4 Å². The maximum absolute atomic E-state index is 12.6. The maximum Gasteiger partial charge on any atom is 0.255 e. The fourth-order valence-corrected chi connectivity index (χ4v) is 4.76. The zero-order valence-electron chi connectivity index (χ0n) is 16.7. The van der Waals surface area contributed by atoms with E-state index in [1.807, 2.05) is 53.4 Å². The van der Waals surface area contributed by atoms with Crippen molar-refractivity contribution in [2.75, 3.05) is 17.1 Å². The van der Waals surface area contributed by atoms with Crippen LogP contribution in [0.5, 0.6) is 0 Å².